The van der Waals surface area contributed by atoms with Crippen molar-refractivity contribution in [3.05, 3.63) is 0 Å². The number of carbonyl (C=O) groups is 1. The van der Waals surface area contributed by atoms with Crippen LogP contribution in [0.5, 0.6) is 0 Å². The van der Waals surface area contributed by atoms with Gasteiger partial charge in [-0.15, -0.1) is 0 Å². The normalized spacial score (nSPS) is 24.5. The molecule has 0 radical (unpaired) electrons. The Labute approximate surface area is 88.9 Å². The van der Waals surface area contributed by atoms with E-state index < -0.39 is 5.41 Å². The van der Waals surface area contributed by atoms with Crippen LogP contribution in [-0.4, -0.2) is 34.9 Å². The van der Waals surface area contributed by atoms with Crippen LogP contribution >= 0.6 is 0 Å². The molecule has 2 aliphatic rings. The van der Waals surface area contributed by atoms with Gasteiger partial charge in [-0.25, -0.2) is 0 Å². The number of hydrogen-bond donors (Lipinski definition) is 2. The average Bonchev–Trinajstić information content (AvgIpc) is 2.97. The van der Waals surface area contributed by atoms with E-state index >= 15 is 0 Å². The van der Waals surface area contributed by atoms with Crippen molar-refractivity contribution in [2.24, 2.45) is 16.3 Å². The van der Waals surface area contributed by atoms with Crippen molar-refractivity contribution < 1.29 is 10.0 Å². The van der Waals surface area contributed by atoms with E-state index in [2.05, 4.69) is 5.16 Å². The highest BCUT2D eigenvalue weighted by Gasteiger charge is 2.51. The summed E-state index contributed by atoms with van der Waals surface area (Å²) in [6.45, 7) is 0. The van der Waals surface area contributed by atoms with Crippen molar-refractivity contribution in [1.82, 2.24) is 4.90 Å². The summed E-state index contributed by atoms with van der Waals surface area (Å²) in [7, 11) is 1.81. The first-order chi connectivity index (χ1) is 7.12. The molecule has 0 aromatic heterocycles. The smallest absolute Gasteiger partial charge is 0.236 e. The quantitative estimate of drug-likeness (QED) is 0.309. The van der Waals surface area contributed by atoms with Crippen LogP contribution in [0.1, 0.15) is 32.1 Å². The van der Waals surface area contributed by atoms with Crippen molar-refractivity contribution in [3.8, 4) is 0 Å². The van der Waals surface area contributed by atoms with Gasteiger partial charge in [0, 0.05) is 13.1 Å². The summed E-state index contributed by atoms with van der Waals surface area (Å²) in [4.78, 5) is 13.9. The topological polar surface area (TPSA) is 78.9 Å². The van der Waals surface area contributed by atoms with E-state index in [4.69, 9.17) is 10.9 Å². The molecule has 15 heavy (non-hydrogen) atoms. The van der Waals surface area contributed by atoms with Gasteiger partial charge in [-0.3, -0.25) is 4.79 Å². The minimum atomic E-state index is -0.702. The standard InChI is InChI=1S/C10H17N3O2/c1-13(7-3-4-7)9(14)10(5-2-6-10)8(11)12-15/h7,15H,2-6H2,1H3,(H2,11,12). The zero-order chi connectivity index (χ0) is 11.1. The third-order valence-corrected chi connectivity index (χ3v) is 3.63. The molecule has 3 N–H and O–H groups in total. The molecule has 84 valence electrons. The maximum absolute atomic E-state index is 12.2. The number of rotatable bonds is 3. The lowest BCUT2D eigenvalue weighted by Crippen LogP contribution is -2.54. The molecule has 2 saturated carbocycles. The highest BCUT2D eigenvalue weighted by Crippen LogP contribution is 2.44. The van der Waals surface area contributed by atoms with Gasteiger partial charge in [0.05, 0.1) is 0 Å². The first-order valence-corrected chi connectivity index (χ1v) is 5.37. The second kappa shape index (κ2) is 3.40. The largest absolute Gasteiger partial charge is 0.409 e. The fourth-order valence-corrected chi connectivity index (χ4v) is 2.17. The number of amidine groups is 1. The van der Waals surface area contributed by atoms with Gasteiger partial charge >= 0.3 is 0 Å². The summed E-state index contributed by atoms with van der Waals surface area (Å²) in [5.41, 5.74) is 4.92. The maximum Gasteiger partial charge on any atom is 0.236 e. The Morgan fingerprint density at radius 3 is 2.47 bits per heavy atom. The van der Waals surface area contributed by atoms with Crippen LogP contribution in [0.25, 0.3) is 0 Å². The van der Waals surface area contributed by atoms with Crippen LogP contribution in [0.2, 0.25) is 0 Å². The lowest BCUT2D eigenvalue weighted by atomic mass is 9.67. The predicted molar refractivity (Wildman–Crippen MR) is 55.5 cm³/mol. The Hall–Kier alpha value is -1.26. The minimum Gasteiger partial charge on any atom is -0.409 e. The van der Waals surface area contributed by atoms with E-state index in [0.29, 0.717) is 18.9 Å². The van der Waals surface area contributed by atoms with Gasteiger partial charge in [-0.2, -0.15) is 0 Å². The summed E-state index contributed by atoms with van der Waals surface area (Å²) in [6, 6.07) is 0.376. The van der Waals surface area contributed by atoms with E-state index in [1.807, 2.05) is 7.05 Å². The molecular formula is C10H17N3O2. The molecule has 0 aromatic rings. The van der Waals surface area contributed by atoms with Crippen LogP contribution in [0.3, 0.4) is 0 Å². The van der Waals surface area contributed by atoms with Gasteiger partial charge in [-0.1, -0.05) is 11.6 Å². The van der Waals surface area contributed by atoms with E-state index in [1.165, 1.54) is 0 Å². The Morgan fingerprint density at radius 2 is 2.13 bits per heavy atom. The predicted octanol–water partition coefficient (Wildman–Crippen LogP) is 0.524. The second-order valence-corrected chi connectivity index (χ2v) is 4.57. The molecule has 5 heteroatoms. The Bertz CT molecular complexity index is 306. The van der Waals surface area contributed by atoms with Crippen LogP contribution < -0.4 is 5.73 Å². The number of nitrogens with zero attached hydrogens (tertiary/aromatic N) is 2. The molecule has 1 amide bonds. The van der Waals surface area contributed by atoms with Gasteiger partial charge in [0.25, 0.3) is 0 Å². The van der Waals surface area contributed by atoms with Gasteiger partial charge < -0.3 is 15.8 Å². The molecule has 0 atom stereocenters. The van der Waals surface area contributed by atoms with Crippen LogP contribution in [0.4, 0.5) is 0 Å². The van der Waals surface area contributed by atoms with Crippen molar-refractivity contribution in [1.29, 1.82) is 0 Å². The molecule has 0 aromatic carbocycles. The van der Waals surface area contributed by atoms with E-state index in [9.17, 15) is 4.79 Å². The summed E-state index contributed by atoms with van der Waals surface area (Å²) >= 11 is 0. The van der Waals surface area contributed by atoms with Gasteiger partial charge in [0.2, 0.25) is 5.91 Å². The zero-order valence-electron chi connectivity index (χ0n) is 8.94. The lowest BCUT2D eigenvalue weighted by Gasteiger charge is -2.41. The van der Waals surface area contributed by atoms with Gasteiger partial charge in [0.1, 0.15) is 5.41 Å². The molecule has 5 nitrogen and oxygen atoms in total. The Balaban J connectivity index is 2.15. The van der Waals surface area contributed by atoms with Crippen molar-refractivity contribution in [2.45, 2.75) is 38.1 Å². The summed E-state index contributed by atoms with van der Waals surface area (Å²) in [5, 5.41) is 11.7. The first kappa shape index (κ1) is 10.3. The van der Waals surface area contributed by atoms with Crippen molar-refractivity contribution in [3.63, 3.8) is 0 Å². The molecule has 2 rings (SSSR count). The SMILES string of the molecule is CN(C(=O)C1(C(N)=NO)CCC1)C1CC1. The molecule has 0 bridgehead atoms. The van der Waals surface area contributed by atoms with Crippen LogP contribution in [0, 0.1) is 5.41 Å². The van der Waals surface area contributed by atoms with E-state index in [-0.39, 0.29) is 11.7 Å². The van der Waals surface area contributed by atoms with Crippen LogP contribution in [-0.2, 0) is 4.79 Å². The van der Waals surface area contributed by atoms with Crippen molar-refractivity contribution >= 4 is 11.7 Å². The van der Waals surface area contributed by atoms with Crippen molar-refractivity contribution in [2.75, 3.05) is 7.05 Å². The lowest BCUT2D eigenvalue weighted by molar-refractivity contribution is -0.141. The number of carbonyl (C=O) groups excluding carboxylic acids is 1. The Kier molecular flexibility index (Phi) is 2.32. The minimum absolute atomic E-state index is 0.0200. The number of oxime groups is 1. The van der Waals surface area contributed by atoms with Crippen LogP contribution in [0.15, 0.2) is 5.16 Å². The third kappa shape index (κ3) is 1.46. The number of nitrogens with two attached hydrogens (primary N) is 1. The monoisotopic (exact) mass is 211 g/mol. The molecule has 2 aliphatic carbocycles. The van der Waals surface area contributed by atoms with E-state index in [1.54, 1.807) is 4.90 Å². The summed E-state index contributed by atoms with van der Waals surface area (Å²) in [6.07, 6.45) is 4.54. The molecule has 0 saturated heterocycles. The maximum atomic E-state index is 12.2. The van der Waals surface area contributed by atoms with E-state index in [0.717, 1.165) is 19.3 Å². The summed E-state index contributed by atoms with van der Waals surface area (Å²) in [5.74, 6) is 0.0952. The zero-order valence-corrected chi connectivity index (χ0v) is 8.94. The number of hydrogen-bond acceptors (Lipinski definition) is 3. The first-order valence-electron chi connectivity index (χ1n) is 5.37. The second-order valence-electron chi connectivity index (χ2n) is 4.57. The van der Waals surface area contributed by atoms with Gasteiger partial charge in [0.15, 0.2) is 5.84 Å². The Morgan fingerprint density at radius 1 is 1.53 bits per heavy atom. The molecule has 0 aliphatic heterocycles. The molecule has 0 spiro atoms. The molecule has 2 fully saturated rings. The molecule has 0 heterocycles. The fourth-order valence-electron chi connectivity index (χ4n) is 2.17. The molecular weight excluding hydrogens is 194 g/mol. The molecule has 0 unspecified atom stereocenters. The summed E-state index contributed by atoms with van der Waals surface area (Å²) < 4.78 is 0. The fraction of sp³-hybridized carbons (Fsp3) is 0.800. The average molecular weight is 211 g/mol. The highest BCUT2D eigenvalue weighted by atomic mass is 16.4. The highest BCUT2D eigenvalue weighted by molar-refractivity contribution is 6.07. The third-order valence-electron chi connectivity index (χ3n) is 3.63. The number of amides is 1. The van der Waals surface area contributed by atoms with Gasteiger partial charge in [-0.05, 0) is 25.7 Å².